The first-order chi connectivity index (χ1) is 14.3. The molecule has 31 heavy (non-hydrogen) atoms. The van der Waals surface area contributed by atoms with E-state index in [1.165, 1.54) is 24.8 Å². The van der Waals surface area contributed by atoms with Crippen molar-refractivity contribution in [3.05, 3.63) is 78.1 Å². The molecule has 3 aromatic rings. The van der Waals surface area contributed by atoms with Crippen molar-refractivity contribution in [2.75, 3.05) is 11.9 Å². The summed E-state index contributed by atoms with van der Waals surface area (Å²) in [5.41, 5.74) is 3.67. The van der Waals surface area contributed by atoms with E-state index in [0.717, 1.165) is 23.7 Å². The van der Waals surface area contributed by atoms with Gasteiger partial charge in [-0.15, -0.1) is 24.8 Å². The number of nitrogens with zero attached hydrogens (tertiary/aromatic N) is 2. The van der Waals surface area contributed by atoms with Gasteiger partial charge in [0.2, 0.25) is 0 Å². The van der Waals surface area contributed by atoms with Gasteiger partial charge in [-0.25, -0.2) is 9.97 Å². The average Bonchev–Trinajstić information content (AvgIpc) is 3.69. The van der Waals surface area contributed by atoms with Gasteiger partial charge in [0.05, 0.1) is 0 Å². The summed E-state index contributed by atoms with van der Waals surface area (Å²) in [5.74, 6) is 2.08. The summed E-state index contributed by atoms with van der Waals surface area (Å²) in [5, 5.41) is 6.62. The van der Waals surface area contributed by atoms with Crippen LogP contribution in [0.4, 0.5) is 5.69 Å². The van der Waals surface area contributed by atoms with E-state index < -0.39 is 0 Å². The molecular formula is C24H26Cl2N4O. The zero-order valence-corrected chi connectivity index (χ0v) is 18.7. The minimum atomic E-state index is -0.0977. The molecule has 2 saturated carbocycles. The molecule has 2 aromatic carbocycles. The number of hydrogen-bond donors (Lipinski definition) is 2. The van der Waals surface area contributed by atoms with Gasteiger partial charge in [0, 0.05) is 41.2 Å². The van der Waals surface area contributed by atoms with Gasteiger partial charge in [-0.3, -0.25) is 4.79 Å². The van der Waals surface area contributed by atoms with Crippen LogP contribution in [0.1, 0.15) is 41.1 Å². The van der Waals surface area contributed by atoms with Crippen LogP contribution in [-0.4, -0.2) is 28.5 Å². The highest BCUT2D eigenvalue weighted by atomic mass is 35.5. The highest BCUT2D eigenvalue weighted by Crippen LogP contribution is 2.41. The smallest absolute Gasteiger partial charge is 0.255 e. The van der Waals surface area contributed by atoms with Gasteiger partial charge in [-0.2, -0.15) is 0 Å². The first-order valence-corrected chi connectivity index (χ1v) is 10.3. The van der Waals surface area contributed by atoms with E-state index in [2.05, 4.69) is 32.7 Å². The Morgan fingerprint density at radius 2 is 1.61 bits per heavy atom. The van der Waals surface area contributed by atoms with Crippen LogP contribution in [0.5, 0.6) is 0 Å². The number of halogens is 2. The number of carbonyl (C=O) groups is 1. The molecule has 0 radical (unpaired) electrons. The maximum absolute atomic E-state index is 12.6. The van der Waals surface area contributed by atoms with Crippen LogP contribution in [0.2, 0.25) is 0 Å². The highest BCUT2D eigenvalue weighted by molar-refractivity contribution is 6.04. The quantitative estimate of drug-likeness (QED) is 0.519. The van der Waals surface area contributed by atoms with E-state index >= 15 is 0 Å². The van der Waals surface area contributed by atoms with Crippen molar-refractivity contribution in [3.8, 4) is 11.4 Å². The van der Waals surface area contributed by atoms with Crippen LogP contribution in [-0.2, 0) is 0 Å². The van der Waals surface area contributed by atoms with E-state index in [9.17, 15) is 4.79 Å². The van der Waals surface area contributed by atoms with Gasteiger partial charge in [0.15, 0.2) is 5.82 Å². The number of nitrogens with one attached hydrogen (secondary N) is 2. The van der Waals surface area contributed by atoms with Gasteiger partial charge >= 0.3 is 0 Å². The molecule has 0 aliphatic heterocycles. The second-order valence-electron chi connectivity index (χ2n) is 8.03. The lowest BCUT2D eigenvalue weighted by Crippen LogP contribution is -2.20. The summed E-state index contributed by atoms with van der Waals surface area (Å²) < 4.78 is 0. The van der Waals surface area contributed by atoms with E-state index in [4.69, 9.17) is 0 Å². The Morgan fingerprint density at radius 1 is 0.935 bits per heavy atom. The van der Waals surface area contributed by atoms with Crippen molar-refractivity contribution >= 4 is 36.4 Å². The molecule has 5 nitrogen and oxygen atoms in total. The van der Waals surface area contributed by atoms with E-state index in [1.807, 2.05) is 36.4 Å². The first-order valence-electron chi connectivity index (χ1n) is 10.3. The topological polar surface area (TPSA) is 66.9 Å². The number of benzene rings is 2. The summed E-state index contributed by atoms with van der Waals surface area (Å²) in [7, 11) is 0. The summed E-state index contributed by atoms with van der Waals surface area (Å²) in [6.45, 7) is 1.16. The van der Waals surface area contributed by atoms with E-state index in [0.29, 0.717) is 23.3 Å². The average molecular weight is 457 g/mol. The summed E-state index contributed by atoms with van der Waals surface area (Å²) in [6.07, 6.45) is 7.41. The molecule has 0 unspecified atom stereocenters. The number of aromatic nitrogens is 2. The van der Waals surface area contributed by atoms with Crippen molar-refractivity contribution in [3.63, 3.8) is 0 Å². The molecule has 5 rings (SSSR count). The molecule has 162 valence electrons. The lowest BCUT2D eigenvalue weighted by Gasteiger charge is -2.08. The zero-order valence-electron chi connectivity index (χ0n) is 17.0. The van der Waals surface area contributed by atoms with E-state index in [-0.39, 0.29) is 30.7 Å². The SMILES string of the molecule is Cl.Cl.O=C(Nc1ccc(-c2ncccn2)cc1)c1ccc([C@@H]2C[C@H]2NCC2CC2)cc1. The van der Waals surface area contributed by atoms with Gasteiger partial charge in [0.1, 0.15) is 0 Å². The number of anilines is 1. The van der Waals surface area contributed by atoms with E-state index in [1.54, 1.807) is 18.5 Å². The van der Waals surface area contributed by atoms with Crippen LogP contribution >= 0.6 is 24.8 Å². The molecule has 1 amide bonds. The minimum Gasteiger partial charge on any atom is -0.322 e. The Labute approximate surface area is 194 Å². The maximum Gasteiger partial charge on any atom is 0.255 e. The van der Waals surface area contributed by atoms with Crippen molar-refractivity contribution in [2.24, 2.45) is 5.92 Å². The predicted octanol–water partition coefficient (Wildman–Crippen LogP) is 5.10. The van der Waals surface area contributed by atoms with Gasteiger partial charge in [-0.1, -0.05) is 12.1 Å². The fraction of sp³-hybridized carbons (Fsp3) is 0.292. The first kappa shape index (κ1) is 23.2. The standard InChI is InChI=1S/C24H24N4O.2ClH/c29-24(28-20-10-8-18(9-11-20)23-25-12-1-13-26-23)19-6-4-17(5-7-19)21-14-22(21)27-15-16-2-3-16;;/h1,4-13,16,21-22,27H,2-3,14-15H2,(H,28,29);2*1H/t21-,22+;;/m0../s1. The molecular weight excluding hydrogens is 431 g/mol. The molecule has 2 aliphatic carbocycles. The number of carbonyl (C=O) groups excluding carboxylic acids is 1. The Kier molecular flexibility index (Phi) is 7.65. The lowest BCUT2D eigenvalue weighted by atomic mass is 10.1. The zero-order chi connectivity index (χ0) is 19.6. The lowest BCUT2D eigenvalue weighted by molar-refractivity contribution is 0.102. The molecule has 2 aliphatic rings. The van der Waals surface area contributed by atoms with Crippen molar-refractivity contribution in [1.82, 2.24) is 15.3 Å². The van der Waals surface area contributed by atoms with Crippen molar-refractivity contribution in [2.45, 2.75) is 31.2 Å². The molecule has 2 fully saturated rings. The van der Waals surface area contributed by atoms with Crippen LogP contribution < -0.4 is 10.6 Å². The largest absolute Gasteiger partial charge is 0.322 e. The summed E-state index contributed by atoms with van der Waals surface area (Å²) >= 11 is 0. The van der Waals surface area contributed by atoms with Crippen molar-refractivity contribution < 1.29 is 4.79 Å². The normalized spacial score (nSPS) is 19.0. The molecule has 2 N–H and O–H groups in total. The van der Waals surface area contributed by atoms with Gasteiger partial charge in [0.25, 0.3) is 5.91 Å². The molecule has 0 bridgehead atoms. The van der Waals surface area contributed by atoms with Gasteiger partial charge < -0.3 is 10.6 Å². The Balaban J connectivity index is 0.00000136. The number of amides is 1. The predicted molar refractivity (Wildman–Crippen MR) is 128 cm³/mol. The van der Waals surface area contributed by atoms with Gasteiger partial charge in [-0.05, 0) is 79.8 Å². The van der Waals surface area contributed by atoms with Crippen LogP contribution in [0.15, 0.2) is 67.0 Å². The number of rotatable bonds is 7. The second kappa shape index (κ2) is 10.2. The monoisotopic (exact) mass is 456 g/mol. The second-order valence-corrected chi connectivity index (χ2v) is 8.03. The third-order valence-electron chi connectivity index (χ3n) is 5.72. The molecule has 1 aromatic heterocycles. The maximum atomic E-state index is 12.6. The summed E-state index contributed by atoms with van der Waals surface area (Å²) in [6, 6.07) is 18.0. The Bertz CT molecular complexity index is 992. The third-order valence-corrected chi connectivity index (χ3v) is 5.72. The Morgan fingerprint density at radius 3 is 2.26 bits per heavy atom. The highest BCUT2D eigenvalue weighted by Gasteiger charge is 2.38. The number of hydrogen-bond acceptors (Lipinski definition) is 4. The molecule has 0 saturated heterocycles. The van der Waals surface area contributed by atoms with Crippen LogP contribution in [0.25, 0.3) is 11.4 Å². The molecule has 0 spiro atoms. The fourth-order valence-corrected chi connectivity index (χ4v) is 3.66. The summed E-state index contributed by atoms with van der Waals surface area (Å²) in [4.78, 5) is 21.0. The minimum absolute atomic E-state index is 0. The third kappa shape index (κ3) is 5.82. The Hall–Kier alpha value is -2.47. The van der Waals surface area contributed by atoms with Crippen LogP contribution in [0.3, 0.4) is 0 Å². The fourth-order valence-electron chi connectivity index (χ4n) is 3.66. The molecule has 1 heterocycles. The molecule has 7 heteroatoms. The van der Waals surface area contributed by atoms with Crippen molar-refractivity contribution in [1.29, 1.82) is 0 Å². The van der Waals surface area contributed by atoms with Crippen LogP contribution in [0, 0.1) is 5.92 Å². The molecule has 2 atom stereocenters.